The molecule has 0 radical (unpaired) electrons. The van der Waals surface area contributed by atoms with Crippen molar-refractivity contribution in [2.75, 3.05) is 6.54 Å². The third-order valence-corrected chi connectivity index (χ3v) is 5.95. The number of alkyl carbamates (subject to hydrolysis) is 1. The molecule has 0 saturated carbocycles. The molecule has 0 spiro atoms. The van der Waals surface area contributed by atoms with Gasteiger partial charge in [0.15, 0.2) is 0 Å². The second-order valence-corrected chi connectivity index (χ2v) is 10.2. The Kier molecular flexibility index (Phi) is 10.1. The van der Waals surface area contributed by atoms with E-state index in [2.05, 4.69) is 10.6 Å². The van der Waals surface area contributed by atoms with Gasteiger partial charge >= 0.3 is 6.09 Å². The monoisotopic (exact) mass is 531 g/mol. The Hall–Kier alpha value is -4.33. The van der Waals surface area contributed by atoms with Gasteiger partial charge in [-0.05, 0) is 56.5 Å². The lowest BCUT2D eigenvalue weighted by Crippen LogP contribution is -2.53. The summed E-state index contributed by atoms with van der Waals surface area (Å²) in [5.74, 6) is -0.879. The fourth-order valence-electron chi connectivity index (χ4n) is 4.21. The van der Waals surface area contributed by atoms with E-state index in [4.69, 9.17) is 4.74 Å². The lowest BCUT2D eigenvalue weighted by Gasteiger charge is -2.34. The molecule has 0 aliphatic heterocycles. The van der Waals surface area contributed by atoms with E-state index in [0.29, 0.717) is 5.56 Å². The number of amides is 3. The second kappa shape index (κ2) is 13.5. The molecule has 2 unspecified atom stereocenters. The maximum Gasteiger partial charge on any atom is 0.408 e. The molecule has 3 amide bonds. The normalized spacial score (nSPS) is 12.6. The zero-order chi connectivity index (χ0) is 28.4. The van der Waals surface area contributed by atoms with Gasteiger partial charge in [0.1, 0.15) is 23.4 Å². The number of benzene rings is 3. The Morgan fingerprint density at radius 3 is 2.08 bits per heavy atom. The number of phenolic OH excluding ortho intramolecular Hbond substituents is 1. The molecule has 0 heterocycles. The molecule has 39 heavy (non-hydrogen) atoms. The zero-order valence-corrected chi connectivity index (χ0v) is 22.9. The van der Waals surface area contributed by atoms with Gasteiger partial charge in [-0.15, -0.1) is 0 Å². The summed E-state index contributed by atoms with van der Waals surface area (Å²) in [4.78, 5) is 41.8. The van der Waals surface area contributed by atoms with Crippen molar-refractivity contribution in [3.05, 3.63) is 102 Å². The van der Waals surface area contributed by atoms with E-state index >= 15 is 0 Å². The first-order valence-corrected chi connectivity index (χ1v) is 13.0. The minimum absolute atomic E-state index is 0.0235. The van der Waals surface area contributed by atoms with Gasteiger partial charge in [0, 0.05) is 19.5 Å². The van der Waals surface area contributed by atoms with Crippen molar-refractivity contribution < 1.29 is 24.2 Å². The Morgan fingerprint density at radius 2 is 1.51 bits per heavy atom. The molecular formula is C31H37N3O5. The van der Waals surface area contributed by atoms with Crippen molar-refractivity contribution in [3.63, 3.8) is 0 Å². The number of carbonyl (C=O) groups is 3. The Labute approximate surface area is 230 Å². The van der Waals surface area contributed by atoms with E-state index in [-0.39, 0.29) is 25.3 Å². The standard InChI is InChI=1S/C31H37N3O5/c1-5-34(29(37)26(19-22-13-8-6-9-14-22)33-30(38)39-31(2,3)4)27(24-17-12-18-25(35)20-24)28(36)32-21-23-15-10-7-11-16-23/h6-18,20,26-27,35H,5,19,21H2,1-4H3,(H,32,36)(H,33,38). The summed E-state index contributed by atoms with van der Waals surface area (Å²) in [5, 5.41) is 15.8. The number of hydrogen-bond acceptors (Lipinski definition) is 5. The van der Waals surface area contributed by atoms with Gasteiger partial charge in [0.2, 0.25) is 11.8 Å². The van der Waals surface area contributed by atoms with Crippen LogP contribution in [0.5, 0.6) is 5.75 Å². The molecule has 0 saturated heterocycles. The number of phenols is 1. The van der Waals surface area contributed by atoms with E-state index in [1.807, 2.05) is 60.7 Å². The topological polar surface area (TPSA) is 108 Å². The van der Waals surface area contributed by atoms with Gasteiger partial charge in [-0.3, -0.25) is 9.59 Å². The first-order chi connectivity index (χ1) is 18.6. The maximum absolute atomic E-state index is 14.1. The van der Waals surface area contributed by atoms with Crippen molar-refractivity contribution >= 4 is 17.9 Å². The molecule has 3 aromatic rings. The molecule has 0 aliphatic rings. The zero-order valence-electron chi connectivity index (χ0n) is 22.9. The van der Waals surface area contributed by atoms with E-state index in [1.54, 1.807) is 39.8 Å². The fraction of sp³-hybridized carbons (Fsp3) is 0.323. The Morgan fingerprint density at radius 1 is 0.897 bits per heavy atom. The number of likely N-dealkylation sites (N-methyl/N-ethyl adjacent to an activating group) is 1. The minimum Gasteiger partial charge on any atom is -0.508 e. The number of nitrogens with zero attached hydrogens (tertiary/aromatic N) is 1. The number of aromatic hydroxyl groups is 1. The van der Waals surface area contributed by atoms with Crippen LogP contribution in [0.4, 0.5) is 4.79 Å². The average Bonchev–Trinajstić information content (AvgIpc) is 2.89. The van der Waals surface area contributed by atoms with Gasteiger partial charge in [0.05, 0.1) is 0 Å². The summed E-state index contributed by atoms with van der Waals surface area (Å²) in [6.07, 6.45) is -0.524. The number of ether oxygens (including phenoxy) is 1. The molecule has 0 aromatic heterocycles. The SMILES string of the molecule is CCN(C(=O)C(Cc1ccccc1)NC(=O)OC(C)(C)C)C(C(=O)NCc1ccccc1)c1cccc(O)c1. The summed E-state index contributed by atoms with van der Waals surface area (Å²) < 4.78 is 5.43. The molecule has 3 N–H and O–H groups in total. The maximum atomic E-state index is 14.1. The smallest absolute Gasteiger partial charge is 0.408 e. The van der Waals surface area contributed by atoms with Crippen molar-refractivity contribution in [2.45, 2.75) is 58.3 Å². The molecule has 8 nitrogen and oxygen atoms in total. The van der Waals surface area contributed by atoms with E-state index in [0.717, 1.165) is 11.1 Å². The highest BCUT2D eigenvalue weighted by molar-refractivity contribution is 5.92. The van der Waals surface area contributed by atoms with Crippen LogP contribution in [0.15, 0.2) is 84.9 Å². The van der Waals surface area contributed by atoms with Crippen molar-refractivity contribution in [1.82, 2.24) is 15.5 Å². The first-order valence-electron chi connectivity index (χ1n) is 13.0. The lowest BCUT2D eigenvalue weighted by molar-refractivity contribution is -0.142. The highest BCUT2D eigenvalue weighted by Crippen LogP contribution is 2.26. The first kappa shape index (κ1) is 29.2. The van der Waals surface area contributed by atoms with Crippen molar-refractivity contribution in [3.8, 4) is 5.75 Å². The predicted octanol–water partition coefficient (Wildman–Crippen LogP) is 4.73. The van der Waals surface area contributed by atoms with Gasteiger partial charge < -0.3 is 25.4 Å². The molecular weight excluding hydrogens is 494 g/mol. The van der Waals surface area contributed by atoms with Crippen molar-refractivity contribution in [1.29, 1.82) is 0 Å². The van der Waals surface area contributed by atoms with Crippen LogP contribution in [0.1, 0.15) is 50.4 Å². The molecule has 0 bridgehead atoms. The van der Waals surface area contributed by atoms with E-state index < -0.39 is 35.6 Å². The quantitative estimate of drug-likeness (QED) is 0.350. The van der Waals surface area contributed by atoms with Crippen LogP contribution >= 0.6 is 0 Å². The van der Waals surface area contributed by atoms with Gasteiger partial charge in [-0.2, -0.15) is 0 Å². The lowest BCUT2D eigenvalue weighted by atomic mass is 10.00. The highest BCUT2D eigenvalue weighted by atomic mass is 16.6. The van der Waals surface area contributed by atoms with Crippen LogP contribution in [0.3, 0.4) is 0 Å². The second-order valence-electron chi connectivity index (χ2n) is 10.2. The number of hydrogen-bond donors (Lipinski definition) is 3. The summed E-state index contributed by atoms with van der Waals surface area (Å²) in [7, 11) is 0. The summed E-state index contributed by atoms with van der Waals surface area (Å²) >= 11 is 0. The van der Waals surface area contributed by atoms with Gasteiger partial charge in [0.25, 0.3) is 0 Å². The van der Waals surface area contributed by atoms with Crippen LogP contribution < -0.4 is 10.6 Å². The highest BCUT2D eigenvalue weighted by Gasteiger charge is 2.35. The number of carbonyl (C=O) groups excluding carboxylic acids is 3. The fourth-order valence-corrected chi connectivity index (χ4v) is 4.21. The number of rotatable bonds is 10. The molecule has 3 aromatic carbocycles. The molecule has 0 fully saturated rings. The summed E-state index contributed by atoms with van der Waals surface area (Å²) in [5.41, 5.74) is 1.44. The molecule has 0 aliphatic carbocycles. The van der Waals surface area contributed by atoms with Crippen LogP contribution in [-0.4, -0.2) is 46.1 Å². The van der Waals surface area contributed by atoms with Crippen LogP contribution in [0.25, 0.3) is 0 Å². The third-order valence-electron chi connectivity index (χ3n) is 5.95. The molecule has 8 heteroatoms. The Balaban J connectivity index is 1.94. The largest absolute Gasteiger partial charge is 0.508 e. The van der Waals surface area contributed by atoms with Gasteiger partial charge in [-0.1, -0.05) is 72.8 Å². The Bertz CT molecular complexity index is 1240. The van der Waals surface area contributed by atoms with Crippen LogP contribution in [0.2, 0.25) is 0 Å². The third kappa shape index (κ3) is 8.88. The number of nitrogens with one attached hydrogen (secondary N) is 2. The molecule has 2 atom stereocenters. The van der Waals surface area contributed by atoms with Gasteiger partial charge in [-0.25, -0.2) is 4.79 Å². The van der Waals surface area contributed by atoms with Crippen LogP contribution in [-0.2, 0) is 27.3 Å². The van der Waals surface area contributed by atoms with Crippen LogP contribution in [0, 0.1) is 0 Å². The molecule has 206 valence electrons. The summed E-state index contributed by atoms with van der Waals surface area (Å²) in [6.45, 7) is 7.45. The van der Waals surface area contributed by atoms with Crippen molar-refractivity contribution in [2.24, 2.45) is 0 Å². The summed E-state index contributed by atoms with van der Waals surface area (Å²) in [6, 6.07) is 23.0. The van der Waals surface area contributed by atoms with E-state index in [1.165, 1.54) is 17.0 Å². The average molecular weight is 532 g/mol. The molecule has 3 rings (SSSR count). The predicted molar refractivity (Wildman–Crippen MR) is 150 cm³/mol. The minimum atomic E-state index is -1.04. The van der Waals surface area contributed by atoms with E-state index in [9.17, 15) is 19.5 Å².